The van der Waals surface area contributed by atoms with Gasteiger partial charge >= 0.3 is 0 Å². The van der Waals surface area contributed by atoms with Gasteiger partial charge in [-0.15, -0.1) is 0 Å². The molecule has 0 N–H and O–H groups in total. The predicted molar refractivity (Wildman–Crippen MR) is 83.9 cm³/mol. The third-order valence-corrected chi connectivity index (χ3v) is 5.92. The van der Waals surface area contributed by atoms with Crippen molar-refractivity contribution in [3.05, 3.63) is 34.6 Å². The first-order valence-electron chi connectivity index (χ1n) is 7.15. The highest BCUT2D eigenvalue weighted by molar-refractivity contribution is 7.91. The second kappa shape index (κ2) is 6.54. The Labute approximate surface area is 135 Å². The van der Waals surface area contributed by atoms with E-state index in [0.29, 0.717) is 6.42 Å². The van der Waals surface area contributed by atoms with Crippen LogP contribution in [0, 0.1) is 11.7 Å². The molecule has 0 bridgehead atoms. The van der Waals surface area contributed by atoms with E-state index in [1.807, 2.05) is 0 Å². The van der Waals surface area contributed by atoms with Crippen molar-refractivity contribution in [2.75, 3.05) is 11.5 Å². The molecule has 1 aliphatic heterocycles. The van der Waals surface area contributed by atoms with Crippen molar-refractivity contribution in [2.45, 2.75) is 32.9 Å². The molecule has 2 rings (SSSR count). The summed E-state index contributed by atoms with van der Waals surface area (Å²) in [4.78, 5) is 13.9. The minimum Gasteiger partial charge on any atom is -0.334 e. The lowest BCUT2D eigenvalue weighted by molar-refractivity contribution is -0.137. The fourth-order valence-corrected chi connectivity index (χ4v) is 4.55. The zero-order valence-corrected chi connectivity index (χ0v) is 14.1. The molecule has 1 amide bonds. The van der Waals surface area contributed by atoms with Gasteiger partial charge in [-0.2, -0.15) is 0 Å². The number of rotatable bonds is 4. The Morgan fingerprint density at radius 1 is 1.45 bits per heavy atom. The molecule has 1 fully saturated rings. The second-order valence-electron chi connectivity index (χ2n) is 5.88. The summed E-state index contributed by atoms with van der Waals surface area (Å²) in [6, 6.07) is 3.92. The van der Waals surface area contributed by atoms with Gasteiger partial charge in [0.1, 0.15) is 5.82 Å². The van der Waals surface area contributed by atoms with Gasteiger partial charge in [0.2, 0.25) is 5.91 Å². The Kier molecular flexibility index (Phi) is 5.12. The Bertz CT molecular complexity index is 655. The summed E-state index contributed by atoms with van der Waals surface area (Å²) in [6.07, 6.45) is 0.382. The molecule has 0 radical (unpaired) electrons. The Morgan fingerprint density at radius 3 is 2.64 bits per heavy atom. The van der Waals surface area contributed by atoms with Gasteiger partial charge in [0.25, 0.3) is 0 Å². The largest absolute Gasteiger partial charge is 0.334 e. The van der Waals surface area contributed by atoms with Crippen LogP contribution in [0.1, 0.15) is 25.8 Å². The van der Waals surface area contributed by atoms with Crippen molar-refractivity contribution >= 4 is 27.3 Å². The van der Waals surface area contributed by atoms with Crippen molar-refractivity contribution in [3.63, 3.8) is 0 Å². The van der Waals surface area contributed by atoms with Crippen LogP contribution in [0.4, 0.5) is 4.39 Å². The SMILES string of the molecule is CC(C)C(=O)N(Cc1c(F)cccc1Cl)[C@H]1CCS(=O)(=O)C1. The molecule has 7 heteroatoms. The van der Waals surface area contributed by atoms with E-state index in [2.05, 4.69) is 0 Å². The summed E-state index contributed by atoms with van der Waals surface area (Å²) in [7, 11) is -3.13. The van der Waals surface area contributed by atoms with Crippen LogP contribution in [0.2, 0.25) is 5.02 Å². The van der Waals surface area contributed by atoms with Gasteiger partial charge < -0.3 is 4.90 Å². The number of carbonyl (C=O) groups excluding carboxylic acids is 1. The fraction of sp³-hybridized carbons (Fsp3) is 0.533. The highest BCUT2D eigenvalue weighted by atomic mass is 35.5. The quantitative estimate of drug-likeness (QED) is 0.841. The normalized spacial score (nSPS) is 20.3. The molecule has 0 unspecified atom stereocenters. The fourth-order valence-electron chi connectivity index (χ4n) is 2.59. The van der Waals surface area contributed by atoms with E-state index in [9.17, 15) is 17.6 Å². The summed E-state index contributed by atoms with van der Waals surface area (Å²) in [5, 5.41) is 0.238. The number of hydrogen-bond acceptors (Lipinski definition) is 3. The zero-order chi connectivity index (χ0) is 16.5. The molecule has 1 aromatic carbocycles. The lowest BCUT2D eigenvalue weighted by atomic mass is 10.1. The number of nitrogens with zero attached hydrogens (tertiary/aromatic N) is 1. The summed E-state index contributed by atoms with van der Waals surface area (Å²) in [5.74, 6) is -0.993. The lowest BCUT2D eigenvalue weighted by Crippen LogP contribution is -2.43. The highest BCUT2D eigenvalue weighted by Gasteiger charge is 2.35. The van der Waals surface area contributed by atoms with Gasteiger partial charge in [-0.1, -0.05) is 31.5 Å². The van der Waals surface area contributed by atoms with Gasteiger partial charge in [-0.25, -0.2) is 12.8 Å². The summed E-state index contributed by atoms with van der Waals surface area (Å²) >= 11 is 6.02. The maximum Gasteiger partial charge on any atom is 0.225 e. The molecule has 1 heterocycles. The van der Waals surface area contributed by atoms with Crippen LogP contribution in [0.25, 0.3) is 0 Å². The molecule has 22 heavy (non-hydrogen) atoms. The van der Waals surface area contributed by atoms with E-state index in [4.69, 9.17) is 11.6 Å². The van der Waals surface area contributed by atoms with Gasteiger partial charge in [0.05, 0.1) is 18.1 Å². The molecule has 0 aromatic heterocycles. The smallest absolute Gasteiger partial charge is 0.225 e. The van der Waals surface area contributed by atoms with Crippen molar-refractivity contribution < 1.29 is 17.6 Å². The van der Waals surface area contributed by atoms with Crippen molar-refractivity contribution in [1.29, 1.82) is 0 Å². The Balaban J connectivity index is 2.32. The first-order valence-corrected chi connectivity index (χ1v) is 9.35. The number of halogens is 2. The lowest BCUT2D eigenvalue weighted by Gasteiger charge is -2.30. The zero-order valence-electron chi connectivity index (χ0n) is 12.6. The Hall–Kier alpha value is -1.14. The van der Waals surface area contributed by atoms with Gasteiger partial charge in [-0.05, 0) is 18.6 Å². The number of carbonyl (C=O) groups is 1. The number of sulfone groups is 1. The number of amides is 1. The van der Waals surface area contributed by atoms with E-state index in [0.717, 1.165) is 0 Å². The molecule has 1 aromatic rings. The van der Waals surface area contributed by atoms with Crippen LogP contribution in [-0.4, -0.2) is 36.8 Å². The first-order chi connectivity index (χ1) is 10.2. The summed E-state index contributed by atoms with van der Waals surface area (Å²) in [5.41, 5.74) is 0.225. The summed E-state index contributed by atoms with van der Waals surface area (Å²) < 4.78 is 37.3. The number of hydrogen-bond donors (Lipinski definition) is 0. The summed E-state index contributed by atoms with van der Waals surface area (Å²) in [6.45, 7) is 3.46. The van der Waals surface area contributed by atoms with E-state index in [1.54, 1.807) is 19.9 Å². The van der Waals surface area contributed by atoms with Gasteiger partial charge in [0.15, 0.2) is 9.84 Å². The average Bonchev–Trinajstić information content (AvgIpc) is 2.78. The molecule has 0 spiro atoms. The molecule has 1 aliphatic rings. The van der Waals surface area contributed by atoms with Crippen LogP contribution in [-0.2, 0) is 21.2 Å². The third-order valence-electron chi connectivity index (χ3n) is 3.82. The molecule has 1 saturated heterocycles. The standard InChI is InChI=1S/C15H19ClFNO3S/c1-10(2)15(19)18(11-6-7-22(20,21)9-11)8-12-13(16)4-3-5-14(12)17/h3-5,10-11H,6-9H2,1-2H3/t11-/m0/s1. The minimum atomic E-state index is -3.13. The topological polar surface area (TPSA) is 54.5 Å². The monoisotopic (exact) mass is 347 g/mol. The minimum absolute atomic E-state index is 0.0112. The molecule has 0 aliphatic carbocycles. The van der Waals surface area contributed by atoms with E-state index < -0.39 is 21.7 Å². The molecule has 1 atom stereocenters. The van der Waals surface area contributed by atoms with Crippen molar-refractivity contribution in [1.82, 2.24) is 4.90 Å². The molecular weight excluding hydrogens is 329 g/mol. The Morgan fingerprint density at radius 2 is 2.14 bits per heavy atom. The molecule has 0 saturated carbocycles. The average molecular weight is 348 g/mol. The van der Waals surface area contributed by atoms with E-state index >= 15 is 0 Å². The maximum atomic E-state index is 14.0. The van der Waals surface area contributed by atoms with Crippen LogP contribution in [0.3, 0.4) is 0 Å². The van der Waals surface area contributed by atoms with Crippen LogP contribution < -0.4 is 0 Å². The molecule has 4 nitrogen and oxygen atoms in total. The predicted octanol–water partition coefficient (Wildman–Crippen LogP) is 2.65. The van der Waals surface area contributed by atoms with E-state index in [-0.39, 0.29) is 40.5 Å². The van der Waals surface area contributed by atoms with Crippen LogP contribution in [0.15, 0.2) is 18.2 Å². The van der Waals surface area contributed by atoms with Gasteiger partial charge in [0, 0.05) is 22.5 Å². The van der Waals surface area contributed by atoms with Crippen molar-refractivity contribution in [2.24, 2.45) is 5.92 Å². The second-order valence-corrected chi connectivity index (χ2v) is 8.51. The van der Waals surface area contributed by atoms with Crippen molar-refractivity contribution in [3.8, 4) is 0 Å². The van der Waals surface area contributed by atoms with Gasteiger partial charge in [-0.3, -0.25) is 4.79 Å². The van der Waals surface area contributed by atoms with Crippen LogP contribution in [0.5, 0.6) is 0 Å². The maximum absolute atomic E-state index is 14.0. The highest BCUT2D eigenvalue weighted by Crippen LogP contribution is 2.26. The third kappa shape index (κ3) is 3.79. The van der Waals surface area contributed by atoms with E-state index in [1.165, 1.54) is 17.0 Å². The molecular formula is C15H19ClFNO3S. The first kappa shape index (κ1) is 17.2. The molecule has 122 valence electrons. The number of benzene rings is 1. The van der Waals surface area contributed by atoms with Crippen LogP contribution >= 0.6 is 11.6 Å².